The highest BCUT2D eigenvalue weighted by Gasteiger charge is 2.47. The third kappa shape index (κ3) is 4.54. The number of fused-ring (bicyclic) bond motifs is 1. The molecule has 0 aliphatic carbocycles. The number of amides is 1. The fourth-order valence-corrected chi connectivity index (χ4v) is 4.02. The van der Waals surface area contributed by atoms with Gasteiger partial charge in [0.05, 0.1) is 12.6 Å². The number of hydrogen-bond acceptors (Lipinski definition) is 5. The van der Waals surface area contributed by atoms with E-state index in [1.807, 2.05) is 69.3 Å². The average Bonchev–Trinajstić information content (AvgIpc) is 3.09. The molecule has 6 nitrogen and oxygen atoms in total. The van der Waals surface area contributed by atoms with E-state index in [4.69, 9.17) is 14.2 Å². The van der Waals surface area contributed by atoms with Crippen molar-refractivity contribution in [3.05, 3.63) is 59.7 Å². The van der Waals surface area contributed by atoms with E-state index in [1.165, 1.54) is 0 Å². The predicted molar refractivity (Wildman–Crippen MR) is 113 cm³/mol. The first-order valence-electron chi connectivity index (χ1n) is 10.4. The van der Waals surface area contributed by atoms with E-state index in [1.54, 1.807) is 4.90 Å². The minimum atomic E-state index is -0.674. The van der Waals surface area contributed by atoms with Gasteiger partial charge in [0.1, 0.15) is 29.3 Å². The van der Waals surface area contributed by atoms with Crippen molar-refractivity contribution in [2.45, 2.75) is 57.5 Å². The molecule has 2 aromatic rings. The summed E-state index contributed by atoms with van der Waals surface area (Å²) >= 11 is 0. The molecule has 6 heteroatoms. The Hall–Kier alpha value is -2.73. The van der Waals surface area contributed by atoms with Gasteiger partial charge in [0.25, 0.3) is 0 Å². The fourth-order valence-electron chi connectivity index (χ4n) is 4.02. The van der Waals surface area contributed by atoms with Crippen LogP contribution in [0, 0.1) is 0 Å². The van der Waals surface area contributed by atoms with Crippen LogP contribution in [0.4, 0.5) is 4.79 Å². The summed E-state index contributed by atoms with van der Waals surface area (Å²) in [6.07, 6.45) is 0.0803. The number of likely N-dealkylation sites (tertiary alicyclic amines) is 1. The Labute approximate surface area is 177 Å². The summed E-state index contributed by atoms with van der Waals surface area (Å²) in [6.45, 7) is 6.98. The molecule has 1 N–H and O–H groups in total. The molecule has 0 aromatic heterocycles. The zero-order valence-electron chi connectivity index (χ0n) is 17.8. The van der Waals surface area contributed by atoms with E-state index < -0.39 is 17.3 Å². The Kier molecular flexibility index (Phi) is 5.36. The summed E-state index contributed by atoms with van der Waals surface area (Å²) in [5.41, 5.74) is 0.680. The first-order chi connectivity index (χ1) is 14.2. The lowest BCUT2D eigenvalue weighted by atomic mass is 9.88. The van der Waals surface area contributed by atoms with Crippen LogP contribution in [0.15, 0.2) is 48.5 Å². The van der Waals surface area contributed by atoms with Gasteiger partial charge in [0, 0.05) is 24.9 Å². The molecule has 2 heterocycles. The van der Waals surface area contributed by atoms with Crippen molar-refractivity contribution < 1.29 is 24.1 Å². The van der Waals surface area contributed by atoms with Gasteiger partial charge in [0.15, 0.2) is 0 Å². The molecule has 2 atom stereocenters. The van der Waals surface area contributed by atoms with Crippen LogP contribution in [0.25, 0.3) is 0 Å². The second-order valence-electron chi connectivity index (χ2n) is 9.13. The Bertz CT molecular complexity index is 908. The lowest BCUT2D eigenvalue weighted by Crippen LogP contribution is -2.45. The largest absolute Gasteiger partial charge is 0.489 e. The topological polar surface area (TPSA) is 68.2 Å². The van der Waals surface area contributed by atoms with Gasteiger partial charge in [-0.05, 0) is 44.5 Å². The molecule has 0 radical (unpaired) electrons. The maximum atomic E-state index is 12.4. The average molecular weight is 411 g/mol. The molecule has 2 aliphatic rings. The highest BCUT2D eigenvalue weighted by molar-refractivity contribution is 5.68. The number of aliphatic hydroxyl groups is 1. The third-order valence-corrected chi connectivity index (χ3v) is 5.45. The van der Waals surface area contributed by atoms with E-state index in [0.29, 0.717) is 44.0 Å². The highest BCUT2D eigenvalue weighted by atomic mass is 16.6. The van der Waals surface area contributed by atoms with Gasteiger partial charge in [0.2, 0.25) is 0 Å². The summed E-state index contributed by atoms with van der Waals surface area (Å²) in [4.78, 5) is 14.1. The van der Waals surface area contributed by atoms with E-state index >= 15 is 0 Å². The van der Waals surface area contributed by atoms with Crippen molar-refractivity contribution in [2.24, 2.45) is 0 Å². The lowest BCUT2D eigenvalue weighted by Gasteiger charge is -2.38. The molecule has 30 heavy (non-hydrogen) atoms. The summed E-state index contributed by atoms with van der Waals surface area (Å²) < 4.78 is 17.7. The minimum absolute atomic E-state index is 0.340. The molecule has 2 unspecified atom stereocenters. The van der Waals surface area contributed by atoms with Crippen LogP contribution in [0.1, 0.15) is 50.8 Å². The standard InChI is InChI=1S/C24H29NO5/c1-23(2,3)30-22(27)25-12-11-24(16-25)14-20(26)19-13-18(9-10-21(19)29-24)28-15-17-7-5-4-6-8-17/h4-10,13,20,26H,11-12,14-16H2,1-3H3. The number of rotatable bonds is 3. The molecular formula is C24H29NO5. The summed E-state index contributed by atoms with van der Waals surface area (Å²) in [5, 5.41) is 10.8. The fraction of sp³-hybridized carbons (Fsp3) is 0.458. The Morgan fingerprint density at radius 3 is 2.73 bits per heavy atom. The van der Waals surface area contributed by atoms with Crippen molar-refractivity contribution in [3.63, 3.8) is 0 Å². The molecular weight excluding hydrogens is 382 g/mol. The van der Waals surface area contributed by atoms with E-state index in [9.17, 15) is 9.90 Å². The molecule has 1 saturated heterocycles. The second-order valence-corrected chi connectivity index (χ2v) is 9.13. The zero-order chi connectivity index (χ0) is 21.4. The normalized spacial score (nSPS) is 23.1. The minimum Gasteiger partial charge on any atom is -0.489 e. The Morgan fingerprint density at radius 2 is 2.00 bits per heavy atom. The number of ether oxygens (including phenoxy) is 3. The quantitative estimate of drug-likeness (QED) is 0.808. The van der Waals surface area contributed by atoms with E-state index in [-0.39, 0.29) is 6.09 Å². The molecule has 1 amide bonds. The molecule has 4 rings (SSSR count). The molecule has 1 spiro atoms. The SMILES string of the molecule is CC(C)(C)OC(=O)N1CCC2(CC(O)c3cc(OCc4ccccc4)ccc3O2)C1. The molecule has 0 bridgehead atoms. The van der Waals surface area contributed by atoms with Crippen LogP contribution in [0.2, 0.25) is 0 Å². The summed E-state index contributed by atoms with van der Waals surface area (Å²) in [5.74, 6) is 1.34. The third-order valence-electron chi connectivity index (χ3n) is 5.45. The molecule has 160 valence electrons. The van der Waals surface area contributed by atoms with Crippen molar-refractivity contribution in [1.29, 1.82) is 0 Å². The number of hydrogen-bond donors (Lipinski definition) is 1. The van der Waals surface area contributed by atoms with Crippen molar-refractivity contribution in [2.75, 3.05) is 13.1 Å². The van der Waals surface area contributed by atoms with Gasteiger partial charge in [-0.3, -0.25) is 0 Å². The summed E-state index contributed by atoms with van der Waals surface area (Å²) in [6, 6.07) is 15.5. The predicted octanol–water partition coefficient (Wildman–Crippen LogP) is 4.46. The van der Waals surface area contributed by atoms with Crippen molar-refractivity contribution in [1.82, 2.24) is 4.90 Å². The van der Waals surface area contributed by atoms with E-state index in [0.717, 1.165) is 11.1 Å². The molecule has 0 saturated carbocycles. The maximum Gasteiger partial charge on any atom is 0.410 e. The lowest BCUT2D eigenvalue weighted by molar-refractivity contribution is -0.0132. The molecule has 1 fully saturated rings. The number of benzene rings is 2. The van der Waals surface area contributed by atoms with Crippen molar-refractivity contribution >= 4 is 6.09 Å². The number of nitrogens with zero attached hydrogens (tertiary/aromatic N) is 1. The smallest absolute Gasteiger partial charge is 0.410 e. The molecule has 2 aromatic carbocycles. The zero-order valence-corrected chi connectivity index (χ0v) is 17.8. The number of aliphatic hydroxyl groups excluding tert-OH is 1. The number of carbonyl (C=O) groups excluding carboxylic acids is 1. The van der Waals surface area contributed by atoms with Crippen LogP contribution >= 0.6 is 0 Å². The van der Waals surface area contributed by atoms with E-state index in [2.05, 4.69) is 0 Å². The molecule has 2 aliphatic heterocycles. The second kappa shape index (κ2) is 7.84. The van der Waals surface area contributed by atoms with Crippen molar-refractivity contribution in [3.8, 4) is 11.5 Å². The van der Waals surface area contributed by atoms with Crippen LogP contribution in [0.3, 0.4) is 0 Å². The maximum absolute atomic E-state index is 12.4. The van der Waals surface area contributed by atoms with Crippen LogP contribution < -0.4 is 9.47 Å². The van der Waals surface area contributed by atoms with Gasteiger partial charge < -0.3 is 24.2 Å². The first kappa shape index (κ1) is 20.5. The van der Waals surface area contributed by atoms with Gasteiger partial charge in [-0.15, -0.1) is 0 Å². The van der Waals surface area contributed by atoms with Crippen LogP contribution in [-0.2, 0) is 11.3 Å². The van der Waals surface area contributed by atoms with Crippen LogP contribution in [0.5, 0.6) is 11.5 Å². The number of carbonyl (C=O) groups is 1. The van der Waals surface area contributed by atoms with Gasteiger partial charge >= 0.3 is 6.09 Å². The first-order valence-corrected chi connectivity index (χ1v) is 10.4. The monoisotopic (exact) mass is 411 g/mol. The Balaban J connectivity index is 1.43. The van der Waals surface area contributed by atoms with Gasteiger partial charge in [-0.2, -0.15) is 0 Å². The summed E-state index contributed by atoms with van der Waals surface area (Å²) in [7, 11) is 0. The van der Waals surface area contributed by atoms with Crippen LogP contribution in [-0.4, -0.2) is 40.4 Å². The Morgan fingerprint density at radius 1 is 1.23 bits per heavy atom. The highest BCUT2D eigenvalue weighted by Crippen LogP contribution is 2.45. The van der Waals surface area contributed by atoms with Gasteiger partial charge in [-0.25, -0.2) is 4.79 Å². The van der Waals surface area contributed by atoms with Gasteiger partial charge in [-0.1, -0.05) is 30.3 Å².